The molecule has 0 bridgehead atoms. The molecule has 0 saturated carbocycles. The number of pyridine rings is 1. The number of para-hydroxylation sites is 1. The van der Waals surface area contributed by atoms with E-state index in [4.69, 9.17) is 38.0 Å². The van der Waals surface area contributed by atoms with Crippen LogP contribution in [0.15, 0.2) is 60.0 Å². The first-order valence-electron chi connectivity index (χ1n) is 16.1. The second-order valence-corrected chi connectivity index (χ2v) is 14.8. The smallest absolute Gasteiger partial charge is 0.237 e. The van der Waals surface area contributed by atoms with Crippen LogP contribution in [0.5, 0.6) is 5.75 Å². The number of hydrogen-bond acceptors (Lipinski definition) is 9. The summed E-state index contributed by atoms with van der Waals surface area (Å²) in [5, 5.41) is 13.1. The van der Waals surface area contributed by atoms with Crippen molar-refractivity contribution < 1.29 is 23.1 Å². The highest BCUT2D eigenvalue weighted by Gasteiger charge is 2.35. The number of carbonyl (C=O) groups excluding carboxylic acids is 1. The predicted molar refractivity (Wildman–Crippen MR) is 188 cm³/mol. The fourth-order valence-corrected chi connectivity index (χ4v) is 8.40. The van der Waals surface area contributed by atoms with Gasteiger partial charge in [-0.1, -0.05) is 35.3 Å². The summed E-state index contributed by atoms with van der Waals surface area (Å²) in [6, 6.07) is 9.96. The number of sulfone groups is 1. The minimum absolute atomic E-state index is 0.00529. The Hall–Kier alpha value is -3.26. The Morgan fingerprint density at radius 2 is 1.98 bits per heavy atom. The second kappa shape index (κ2) is 16.4. The van der Waals surface area contributed by atoms with Crippen molar-refractivity contribution in [1.29, 1.82) is 0 Å². The van der Waals surface area contributed by atoms with E-state index in [1.54, 1.807) is 23.5 Å². The van der Waals surface area contributed by atoms with Crippen LogP contribution in [0.1, 0.15) is 43.4 Å². The van der Waals surface area contributed by atoms with Crippen LogP contribution in [0.3, 0.4) is 0 Å². The van der Waals surface area contributed by atoms with E-state index in [0.29, 0.717) is 36.3 Å². The highest BCUT2D eigenvalue weighted by Crippen LogP contribution is 2.35. The molecule has 1 unspecified atom stereocenters. The molecule has 0 radical (unpaired) electrons. The third-order valence-electron chi connectivity index (χ3n) is 8.51. The van der Waals surface area contributed by atoms with Gasteiger partial charge in [0.25, 0.3) is 0 Å². The van der Waals surface area contributed by atoms with Crippen LogP contribution in [0.25, 0.3) is 16.6 Å². The van der Waals surface area contributed by atoms with Gasteiger partial charge in [0.1, 0.15) is 23.7 Å². The van der Waals surface area contributed by atoms with Crippen molar-refractivity contribution in [2.45, 2.75) is 56.6 Å². The van der Waals surface area contributed by atoms with Crippen molar-refractivity contribution in [3.8, 4) is 11.4 Å². The highest BCUT2D eigenvalue weighted by atomic mass is 35.5. The van der Waals surface area contributed by atoms with Gasteiger partial charge in [-0.15, -0.1) is 0 Å². The summed E-state index contributed by atoms with van der Waals surface area (Å²) in [5.41, 5.74) is 2.67. The lowest BCUT2D eigenvalue weighted by molar-refractivity contribution is -0.125. The lowest BCUT2D eigenvalue weighted by Gasteiger charge is -2.24. The van der Waals surface area contributed by atoms with Crippen LogP contribution in [0.4, 0.5) is 0 Å². The van der Waals surface area contributed by atoms with Gasteiger partial charge in [0, 0.05) is 53.8 Å². The van der Waals surface area contributed by atoms with Gasteiger partial charge < -0.3 is 24.6 Å². The van der Waals surface area contributed by atoms with Crippen LogP contribution >= 0.6 is 23.2 Å². The normalized spacial score (nSPS) is 15.4. The topological polar surface area (TPSA) is 130 Å². The van der Waals surface area contributed by atoms with Gasteiger partial charge in [-0.05, 0) is 83.4 Å². The molecular weight excluding hydrogens is 675 g/mol. The zero-order chi connectivity index (χ0) is 34.3. The molecule has 2 N–H and O–H groups in total. The van der Waals surface area contributed by atoms with Crippen LogP contribution < -0.4 is 10.1 Å². The average Bonchev–Trinajstić information content (AvgIpc) is 3.75. The maximum Gasteiger partial charge on any atom is 0.237 e. The van der Waals surface area contributed by atoms with E-state index >= 15 is 0 Å². The SMILES string of the molecule is Cc1cc(-n2ccnc2)c2cccc(OCc3c(Cl)ccc(S(=O)(=O)CN4CCCC4C(=O)NCCCN(C)CCCCO)c3Cl)c2n1. The predicted octanol–water partition coefficient (Wildman–Crippen LogP) is 5.02. The third kappa shape index (κ3) is 8.66. The van der Waals surface area contributed by atoms with Gasteiger partial charge in [0.15, 0.2) is 9.84 Å². The van der Waals surface area contributed by atoms with E-state index in [9.17, 15) is 13.2 Å². The molecule has 258 valence electrons. The monoisotopic (exact) mass is 716 g/mol. The molecule has 1 amide bonds. The number of aromatic nitrogens is 3. The third-order valence-corrected chi connectivity index (χ3v) is 11.1. The number of unbranched alkanes of at least 4 members (excludes halogenated alkanes) is 1. The number of hydrogen-bond donors (Lipinski definition) is 2. The Morgan fingerprint density at radius 3 is 2.75 bits per heavy atom. The molecule has 3 heterocycles. The van der Waals surface area contributed by atoms with Crippen molar-refractivity contribution in [2.75, 3.05) is 45.7 Å². The Kier molecular flexibility index (Phi) is 12.3. The molecule has 11 nitrogen and oxygen atoms in total. The van der Waals surface area contributed by atoms with Crippen molar-refractivity contribution in [3.63, 3.8) is 0 Å². The van der Waals surface area contributed by atoms with Crippen molar-refractivity contribution in [3.05, 3.63) is 76.4 Å². The van der Waals surface area contributed by atoms with Crippen LogP contribution in [0, 0.1) is 6.92 Å². The van der Waals surface area contributed by atoms with E-state index in [-0.39, 0.29) is 39.9 Å². The molecule has 0 spiro atoms. The maximum atomic E-state index is 13.7. The molecule has 2 aromatic carbocycles. The maximum absolute atomic E-state index is 13.7. The highest BCUT2D eigenvalue weighted by molar-refractivity contribution is 7.91. The van der Waals surface area contributed by atoms with Crippen molar-refractivity contribution in [1.82, 2.24) is 29.7 Å². The summed E-state index contributed by atoms with van der Waals surface area (Å²) in [5.74, 6) is -0.0153. The van der Waals surface area contributed by atoms with Gasteiger partial charge in [-0.25, -0.2) is 18.4 Å². The number of likely N-dealkylation sites (tertiary alicyclic amines) is 1. The number of nitrogens with zero attached hydrogens (tertiary/aromatic N) is 5. The number of aliphatic hydroxyl groups excluding tert-OH is 1. The number of aryl methyl sites for hydroxylation is 1. The fourth-order valence-electron chi connectivity index (χ4n) is 6.01. The quantitative estimate of drug-likeness (QED) is 0.154. The number of carbonyl (C=O) groups is 1. The lowest BCUT2D eigenvalue weighted by Crippen LogP contribution is -2.45. The molecule has 1 aliphatic rings. The first kappa shape index (κ1) is 36.0. The molecule has 1 fully saturated rings. The molecule has 14 heteroatoms. The average molecular weight is 718 g/mol. The van der Waals surface area contributed by atoms with E-state index < -0.39 is 15.9 Å². The van der Waals surface area contributed by atoms with Gasteiger partial charge in [0.2, 0.25) is 5.91 Å². The summed E-state index contributed by atoms with van der Waals surface area (Å²) in [6.07, 6.45) is 9.05. The summed E-state index contributed by atoms with van der Waals surface area (Å²) < 4.78 is 35.6. The molecule has 5 rings (SSSR count). The zero-order valence-corrected chi connectivity index (χ0v) is 29.6. The Labute approximate surface area is 291 Å². The lowest BCUT2D eigenvalue weighted by atomic mass is 10.1. The van der Waals surface area contributed by atoms with E-state index in [2.05, 4.69) is 15.2 Å². The molecule has 48 heavy (non-hydrogen) atoms. The summed E-state index contributed by atoms with van der Waals surface area (Å²) in [6.45, 7) is 4.70. The minimum atomic E-state index is -3.93. The Bertz CT molecular complexity index is 1820. The number of amides is 1. The molecule has 1 atom stereocenters. The molecule has 0 aliphatic carbocycles. The van der Waals surface area contributed by atoms with Crippen LogP contribution in [0.2, 0.25) is 10.0 Å². The minimum Gasteiger partial charge on any atom is -0.487 e. The number of nitrogens with one attached hydrogen (secondary N) is 1. The summed E-state index contributed by atoms with van der Waals surface area (Å²) in [4.78, 5) is 25.8. The molecule has 1 aliphatic heterocycles. The number of benzene rings is 2. The summed E-state index contributed by atoms with van der Waals surface area (Å²) in [7, 11) is -1.91. The first-order chi connectivity index (χ1) is 23.1. The van der Waals surface area contributed by atoms with Gasteiger partial charge in [-0.2, -0.15) is 0 Å². The second-order valence-electron chi connectivity index (χ2n) is 12.1. The van der Waals surface area contributed by atoms with Gasteiger partial charge >= 0.3 is 0 Å². The van der Waals surface area contributed by atoms with E-state index in [1.165, 1.54) is 12.1 Å². The largest absolute Gasteiger partial charge is 0.487 e. The van der Waals surface area contributed by atoms with Crippen LogP contribution in [-0.2, 0) is 21.2 Å². The number of aliphatic hydroxyl groups is 1. The number of rotatable bonds is 16. The Morgan fingerprint density at radius 1 is 1.17 bits per heavy atom. The number of ether oxygens (including phenoxy) is 1. The molecule has 2 aromatic heterocycles. The number of imidazole rings is 1. The van der Waals surface area contributed by atoms with Crippen molar-refractivity contribution in [2.24, 2.45) is 0 Å². The zero-order valence-electron chi connectivity index (χ0n) is 27.2. The molecular formula is C34H42Cl2N6O5S. The fraction of sp³-hybridized carbons (Fsp3) is 0.441. The first-order valence-corrected chi connectivity index (χ1v) is 18.5. The van der Waals surface area contributed by atoms with Gasteiger partial charge in [0.05, 0.1) is 28.0 Å². The van der Waals surface area contributed by atoms with E-state index in [0.717, 1.165) is 55.5 Å². The van der Waals surface area contributed by atoms with Gasteiger partial charge in [-0.3, -0.25) is 9.69 Å². The standard InChI is InChI=1S/C34H42Cl2N6O5S/c1-24-20-29(41-18-14-37-22-41)25-8-5-10-30(33(25)39-24)47-21-26-27(35)11-12-31(32(26)36)48(45,46)23-42-17-6-9-28(42)34(44)38-13-7-16-40(2)15-3-4-19-43/h5,8,10-12,14,18,20,22,28,43H,3-4,6-7,9,13,15-17,19,21,23H2,1-2H3,(H,38,44). The Balaban J connectivity index is 1.25. The number of fused-ring (bicyclic) bond motifs is 1. The molecule has 4 aromatic rings. The van der Waals surface area contributed by atoms with Crippen LogP contribution in [-0.4, -0.2) is 95.5 Å². The summed E-state index contributed by atoms with van der Waals surface area (Å²) >= 11 is 13.3. The molecule has 1 saturated heterocycles. The van der Waals surface area contributed by atoms with Crippen molar-refractivity contribution >= 4 is 49.8 Å². The number of halogens is 2. The van der Waals surface area contributed by atoms with E-state index in [1.807, 2.05) is 42.9 Å².